The van der Waals surface area contributed by atoms with Gasteiger partial charge in [-0.2, -0.15) is 0 Å². The highest BCUT2D eigenvalue weighted by Gasteiger charge is 2.23. The molecule has 1 aliphatic rings. The topological polar surface area (TPSA) is 67.4 Å². The first kappa shape index (κ1) is 24.7. The van der Waals surface area contributed by atoms with E-state index in [2.05, 4.69) is 40.0 Å². The zero-order valence-electron chi connectivity index (χ0n) is 17.7. The van der Waals surface area contributed by atoms with E-state index in [-0.39, 0.29) is 30.0 Å². The number of ether oxygens (including phenoxy) is 3. The quantitative estimate of drug-likeness (QED) is 0.298. The first-order valence-corrected chi connectivity index (χ1v) is 10.8. The van der Waals surface area contributed by atoms with E-state index >= 15 is 0 Å². The van der Waals surface area contributed by atoms with Gasteiger partial charge in [-0.3, -0.25) is 9.89 Å². The monoisotopic (exact) mass is 546 g/mol. The van der Waals surface area contributed by atoms with Crippen molar-refractivity contribution >= 4 is 47.0 Å². The number of rotatable bonds is 8. The summed E-state index contributed by atoms with van der Waals surface area (Å²) in [6.07, 6.45) is 0. The summed E-state index contributed by atoms with van der Waals surface area (Å²) in [6, 6.07) is 10.3. The zero-order valence-corrected chi connectivity index (χ0v) is 20.9. The number of thiophene rings is 1. The molecule has 3 rings (SSSR count). The summed E-state index contributed by atoms with van der Waals surface area (Å²) in [7, 11) is 3.27. The molecular formula is C21H31IN4O3S. The van der Waals surface area contributed by atoms with E-state index in [0.29, 0.717) is 18.0 Å². The highest BCUT2D eigenvalue weighted by Crippen LogP contribution is 2.30. The van der Waals surface area contributed by atoms with Crippen molar-refractivity contribution in [2.75, 3.05) is 58.9 Å². The van der Waals surface area contributed by atoms with E-state index in [1.54, 1.807) is 25.6 Å². The molecule has 30 heavy (non-hydrogen) atoms. The van der Waals surface area contributed by atoms with Crippen LogP contribution >= 0.6 is 35.3 Å². The Labute approximate surface area is 199 Å². The number of halogens is 1. The van der Waals surface area contributed by atoms with Gasteiger partial charge >= 0.3 is 0 Å². The van der Waals surface area contributed by atoms with Gasteiger partial charge in [0.05, 0.1) is 40.0 Å². The molecule has 1 aromatic heterocycles. The predicted octanol–water partition coefficient (Wildman–Crippen LogP) is 3.83. The van der Waals surface area contributed by atoms with Crippen LogP contribution in [-0.2, 0) is 4.74 Å². The number of hydrogen-bond acceptors (Lipinski definition) is 6. The third-order valence-corrected chi connectivity index (χ3v) is 5.74. The van der Waals surface area contributed by atoms with Gasteiger partial charge in [0, 0.05) is 36.3 Å². The van der Waals surface area contributed by atoms with Crippen molar-refractivity contribution in [3.63, 3.8) is 0 Å². The lowest BCUT2D eigenvalue weighted by Gasteiger charge is -2.33. The molecule has 0 saturated carbocycles. The van der Waals surface area contributed by atoms with E-state index < -0.39 is 0 Å². The van der Waals surface area contributed by atoms with Crippen LogP contribution < -0.4 is 20.1 Å². The Morgan fingerprint density at radius 1 is 1.20 bits per heavy atom. The molecule has 1 aromatic carbocycles. The smallest absolute Gasteiger partial charge is 0.195 e. The third-order valence-electron chi connectivity index (χ3n) is 4.77. The number of methoxy groups -OCH3 is 2. The fourth-order valence-electron chi connectivity index (χ4n) is 3.29. The average Bonchev–Trinajstić information content (AvgIpc) is 3.29. The van der Waals surface area contributed by atoms with Crippen molar-refractivity contribution in [3.05, 3.63) is 40.6 Å². The van der Waals surface area contributed by atoms with Crippen LogP contribution in [0, 0.1) is 0 Å². The van der Waals surface area contributed by atoms with Gasteiger partial charge in [0.2, 0.25) is 0 Å². The zero-order chi connectivity index (χ0) is 20.5. The molecule has 0 spiro atoms. The van der Waals surface area contributed by atoms with Crippen LogP contribution in [0.3, 0.4) is 0 Å². The molecule has 0 amide bonds. The highest BCUT2D eigenvalue weighted by atomic mass is 127. The normalized spacial score (nSPS) is 15.8. The number of morpholine rings is 1. The van der Waals surface area contributed by atoms with Gasteiger partial charge in [0.25, 0.3) is 0 Å². The third kappa shape index (κ3) is 6.73. The summed E-state index contributed by atoms with van der Waals surface area (Å²) in [5.41, 5.74) is 0.890. The molecule has 2 heterocycles. The lowest BCUT2D eigenvalue weighted by molar-refractivity contribution is 0.0187. The molecule has 1 saturated heterocycles. The van der Waals surface area contributed by atoms with Gasteiger partial charge in [-0.15, -0.1) is 35.3 Å². The molecule has 7 nitrogen and oxygen atoms in total. The van der Waals surface area contributed by atoms with Crippen LogP contribution in [0.25, 0.3) is 0 Å². The largest absolute Gasteiger partial charge is 0.493 e. The van der Waals surface area contributed by atoms with Crippen molar-refractivity contribution in [2.24, 2.45) is 4.99 Å². The number of anilines is 1. The molecule has 9 heteroatoms. The summed E-state index contributed by atoms with van der Waals surface area (Å²) >= 11 is 1.78. The van der Waals surface area contributed by atoms with Crippen LogP contribution in [0.15, 0.2) is 40.7 Å². The number of nitrogens with one attached hydrogen (secondary N) is 2. The Morgan fingerprint density at radius 2 is 1.97 bits per heavy atom. The summed E-state index contributed by atoms with van der Waals surface area (Å²) < 4.78 is 16.3. The highest BCUT2D eigenvalue weighted by molar-refractivity contribution is 14.0. The van der Waals surface area contributed by atoms with Crippen LogP contribution in [0.2, 0.25) is 0 Å². The van der Waals surface area contributed by atoms with Gasteiger partial charge in [-0.05, 0) is 30.5 Å². The summed E-state index contributed by atoms with van der Waals surface area (Å²) in [5.74, 6) is 2.12. The Morgan fingerprint density at radius 3 is 2.60 bits per heavy atom. The first-order valence-electron chi connectivity index (χ1n) is 9.87. The van der Waals surface area contributed by atoms with Gasteiger partial charge in [0.15, 0.2) is 17.5 Å². The van der Waals surface area contributed by atoms with Crippen molar-refractivity contribution in [1.29, 1.82) is 0 Å². The van der Waals surface area contributed by atoms with Crippen LogP contribution in [0.1, 0.15) is 17.8 Å². The fourth-order valence-corrected chi connectivity index (χ4v) is 4.14. The molecule has 166 valence electrons. The molecule has 1 fully saturated rings. The molecule has 0 bridgehead atoms. The van der Waals surface area contributed by atoms with Crippen molar-refractivity contribution in [3.8, 4) is 11.5 Å². The second-order valence-electron chi connectivity index (χ2n) is 6.59. The fraction of sp³-hybridized carbons (Fsp3) is 0.476. The van der Waals surface area contributed by atoms with Crippen molar-refractivity contribution in [2.45, 2.75) is 13.0 Å². The summed E-state index contributed by atoms with van der Waals surface area (Å²) in [4.78, 5) is 8.67. The Balaban J connectivity index is 0.00000320. The van der Waals surface area contributed by atoms with E-state index in [1.165, 1.54) is 4.88 Å². The number of hydrogen-bond donors (Lipinski definition) is 2. The molecular weight excluding hydrogens is 515 g/mol. The van der Waals surface area contributed by atoms with Gasteiger partial charge in [0.1, 0.15) is 0 Å². The minimum Gasteiger partial charge on any atom is -0.493 e. The molecule has 2 aromatic rings. The predicted molar refractivity (Wildman–Crippen MR) is 134 cm³/mol. The Bertz CT molecular complexity index is 783. The maximum absolute atomic E-state index is 5.53. The summed E-state index contributed by atoms with van der Waals surface area (Å²) in [6.45, 7) is 6.91. The Kier molecular flexibility index (Phi) is 10.7. The molecule has 0 radical (unpaired) electrons. The summed E-state index contributed by atoms with van der Waals surface area (Å²) in [5, 5.41) is 8.83. The van der Waals surface area contributed by atoms with Crippen molar-refractivity contribution < 1.29 is 14.2 Å². The molecule has 1 unspecified atom stereocenters. The number of nitrogens with zero attached hydrogens (tertiary/aromatic N) is 2. The van der Waals surface area contributed by atoms with Crippen LogP contribution in [0.5, 0.6) is 11.5 Å². The minimum atomic E-state index is 0. The second-order valence-corrected chi connectivity index (χ2v) is 7.57. The average molecular weight is 546 g/mol. The number of benzene rings is 1. The van der Waals surface area contributed by atoms with Crippen LogP contribution in [-0.4, -0.2) is 64.5 Å². The lowest BCUT2D eigenvalue weighted by Crippen LogP contribution is -2.40. The van der Waals surface area contributed by atoms with Gasteiger partial charge in [-0.1, -0.05) is 6.07 Å². The second kappa shape index (κ2) is 13.0. The SMILES string of the molecule is CCNC(=NCC(c1cccs1)N1CCOCC1)Nc1ccc(OC)c(OC)c1.I. The van der Waals surface area contributed by atoms with E-state index in [4.69, 9.17) is 19.2 Å². The molecule has 0 aliphatic carbocycles. The molecule has 1 atom stereocenters. The Hall–Kier alpha value is -1.56. The molecule has 1 aliphatic heterocycles. The first-order chi connectivity index (χ1) is 14.2. The number of aliphatic imine (C=N–C) groups is 1. The minimum absolute atomic E-state index is 0. The van der Waals surface area contributed by atoms with E-state index in [1.807, 2.05) is 18.2 Å². The lowest BCUT2D eigenvalue weighted by atomic mass is 10.2. The van der Waals surface area contributed by atoms with Crippen molar-refractivity contribution in [1.82, 2.24) is 10.2 Å². The maximum Gasteiger partial charge on any atom is 0.195 e. The van der Waals surface area contributed by atoms with Gasteiger partial charge < -0.3 is 24.8 Å². The van der Waals surface area contributed by atoms with E-state index in [0.717, 1.165) is 44.5 Å². The number of guanidine groups is 1. The van der Waals surface area contributed by atoms with Gasteiger partial charge in [-0.25, -0.2) is 0 Å². The van der Waals surface area contributed by atoms with E-state index in [9.17, 15) is 0 Å². The van der Waals surface area contributed by atoms with Crippen LogP contribution in [0.4, 0.5) is 5.69 Å². The standard InChI is InChI=1S/C21H30N4O3S.HI/c1-4-22-21(24-16-7-8-18(26-2)19(14-16)27-3)23-15-17(20-6-5-13-29-20)25-9-11-28-12-10-25;/h5-8,13-14,17H,4,9-12,15H2,1-3H3,(H2,22,23,24);1H. The molecule has 2 N–H and O–H groups in total. The maximum atomic E-state index is 5.53.